The molecule has 1 fully saturated rings. The number of hydrogen-bond donors (Lipinski definition) is 2. The van der Waals surface area contributed by atoms with E-state index in [0.717, 1.165) is 78.8 Å². The summed E-state index contributed by atoms with van der Waals surface area (Å²) in [5.41, 5.74) is 8.76. The summed E-state index contributed by atoms with van der Waals surface area (Å²) in [6.07, 6.45) is 5.99. The highest BCUT2D eigenvalue weighted by Crippen LogP contribution is 2.35. The van der Waals surface area contributed by atoms with Gasteiger partial charge in [-0.2, -0.15) is 0 Å². The number of H-pyrrole nitrogens is 1. The summed E-state index contributed by atoms with van der Waals surface area (Å²) in [7, 11) is 0. The maximum Gasteiger partial charge on any atom is 0.253 e. The third-order valence-corrected chi connectivity index (χ3v) is 9.08. The van der Waals surface area contributed by atoms with Gasteiger partial charge < -0.3 is 20.1 Å². The van der Waals surface area contributed by atoms with Crippen molar-refractivity contribution in [3.8, 4) is 11.1 Å². The maximum atomic E-state index is 13.6. The van der Waals surface area contributed by atoms with Gasteiger partial charge in [-0.1, -0.05) is 48.0 Å². The molecule has 3 aromatic carbocycles. The van der Waals surface area contributed by atoms with Gasteiger partial charge in [0.15, 0.2) is 0 Å². The highest BCUT2D eigenvalue weighted by Gasteiger charge is 2.26. The maximum absolute atomic E-state index is 13.6. The van der Waals surface area contributed by atoms with E-state index in [4.69, 9.17) is 16.6 Å². The molecule has 4 heterocycles. The van der Waals surface area contributed by atoms with Gasteiger partial charge in [0.1, 0.15) is 5.82 Å². The zero-order valence-electron chi connectivity index (χ0n) is 23.7. The van der Waals surface area contributed by atoms with Crippen LogP contribution in [-0.2, 0) is 6.54 Å². The summed E-state index contributed by atoms with van der Waals surface area (Å²) in [6, 6.07) is 24.7. The average molecular weight is 576 g/mol. The van der Waals surface area contributed by atoms with E-state index < -0.39 is 0 Å². The first-order valence-corrected chi connectivity index (χ1v) is 15.1. The van der Waals surface area contributed by atoms with Crippen LogP contribution < -0.4 is 10.2 Å². The van der Waals surface area contributed by atoms with Crippen molar-refractivity contribution in [2.75, 3.05) is 36.4 Å². The van der Waals surface area contributed by atoms with Gasteiger partial charge in [0, 0.05) is 72.2 Å². The van der Waals surface area contributed by atoms with Gasteiger partial charge in [0.2, 0.25) is 0 Å². The second-order valence-corrected chi connectivity index (χ2v) is 11.9. The van der Waals surface area contributed by atoms with E-state index >= 15 is 0 Å². The van der Waals surface area contributed by atoms with Gasteiger partial charge in [0.25, 0.3) is 5.91 Å². The van der Waals surface area contributed by atoms with Crippen LogP contribution in [0.15, 0.2) is 85.2 Å². The largest absolute Gasteiger partial charge is 0.367 e. The van der Waals surface area contributed by atoms with Crippen molar-refractivity contribution in [2.45, 2.75) is 32.2 Å². The zero-order valence-corrected chi connectivity index (χ0v) is 24.5. The average Bonchev–Trinajstić information content (AvgIpc) is 3.47. The minimum absolute atomic E-state index is 0.0971. The van der Waals surface area contributed by atoms with E-state index in [1.165, 1.54) is 27.6 Å². The van der Waals surface area contributed by atoms with Crippen molar-refractivity contribution >= 4 is 39.9 Å². The van der Waals surface area contributed by atoms with Crippen LogP contribution in [0.1, 0.15) is 45.8 Å². The SMILES string of the molecule is Cc1ccc(Cl)cc1CN1CCNc2ncc(-c3cccc(C(=O)N4CCC(c5c[nH]c6ccccc56)CC4)c3)cc21. The van der Waals surface area contributed by atoms with Gasteiger partial charge in [-0.15, -0.1) is 0 Å². The van der Waals surface area contributed by atoms with E-state index in [1.807, 2.05) is 41.4 Å². The molecule has 2 N–H and O–H groups in total. The molecule has 2 aromatic heterocycles. The topological polar surface area (TPSA) is 64.3 Å². The third kappa shape index (κ3) is 5.12. The van der Waals surface area contributed by atoms with E-state index in [0.29, 0.717) is 5.92 Å². The van der Waals surface area contributed by atoms with Gasteiger partial charge in [0.05, 0.1) is 5.69 Å². The number of carbonyl (C=O) groups is 1. The molecule has 42 heavy (non-hydrogen) atoms. The van der Waals surface area contributed by atoms with Crippen molar-refractivity contribution in [1.29, 1.82) is 0 Å². The number of halogens is 1. The monoisotopic (exact) mass is 575 g/mol. The number of aromatic nitrogens is 2. The summed E-state index contributed by atoms with van der Waals surface area (Å²) >= 11 is 6.31. The molecule has 0 atom stereocenters. The number of para-hydroxylation sites is 1. The lowest BCUT2D eigenvalue weighted by atomic mass is 9.89. The fourth-order valence-corrected chi connectivity index (χ4v) is 6.63. The van der Waals surface area contributed by atoms with E-state index in [9.17, 15) is 4.79 Å². The van der Waals surface area contributed by atoms with E-state index in [-0.39, 0.29) is 5.91 Å². The molecule has 0 spiro atoms. The Bertz CT molecular complexity index is 1770. The lowest BCUT2D eigenvalue weighted by Crippen LogP contribution is -2.37. The quantitative estimate of drug-likeness (QED) is 0.226. The first-order valence-electron chi connectivity index (χ1n) is 14.7. The molecule has 0 radical (unpaired) electrons. The summed E-state index contributed by atoms with van der Waals surface area (Å²) in [5.74, 6) is 1.44. The highest BCUT2D eigenvalue weighted by molar-refractivity contribution is 6.30. The number of likely N-dealkylation sites (tertiary alicyclic amines) is 1. The normalized spacial score (nSPS) is 15.5. The fraction of sp³-hybridized carbons (Fsp3) is 0.257. The van der Waals surface area contributed by atoms with Crippen LogP contribution in [0.5, 0.6) is 0 Å². The molecule has 0 aliphatic carbocycles. The van der Waals surface area contributed by atoms with Crippen molar-refractivity contribution < 1.29 is 4.79 Å². The molecule has 1 amide bonds. The molecule has 2 aliphatic rings. The minimum atomic E-state index is 0.0971. The van der Waals surface area contributed by atoms with Crippen LogP contribution >= 0.6 is 11.6 Å². The highest BCUT2D eigenvalue weighted by atomic mass is 35.5. The van der Waals surface area contributed by atoms with Gasteiger partial charge in [-0.3, -0.25) is 4.79 Å². The fourth-order valence-electron chi connectivity index (χ4n) is 6.44. The van der Waals surface area contributed by atoms with Crippen LogP contribution in [0.4, 0.5) is 11.5 Å². The van der Waals surface area contributed by atoms with Gasteiger partial charge in [-0.25, -0.2) is 4.98 Å². The number of aromatic amines is 1. The first-order chi connectivity index (χ1) is 20.5. The number of nitrogens with one attached hydrogen (secondary N) is 2. The number of carbonyl (C=O) groups excluding carboxylic acids is 1. The number of pyridine rings is 1. The molecule has 0 saturated carbocycles. The smallest absolute Gasteiger partial charge is 0.253 e. The number of hydrogen-bond acceptors (Lipinski definition) is 4. The van der Waals surface area contributed by atoms with Crippen molar-refractivity contribution in [3.05, 3.63) is 112 Å². The lowest BCUT2D eigenvalue weighted by Gasteiger charge is -2.32. The molecule has 7 heteroatoms. The Hall–Kier alpha value is -4.29. The molecule has 212 valence electrons. The van der Waals surface area contributed by atoms with E-state index in [1.54, 1.807) is 0 Å². The summed E-state index contributed by atoms with van der Waals surface area (Å²) in [5, 5.41) is 5.49. The Labute approximate surface area is 251 Å². The first kappa shape index (κ1) is 26.6. The number of amides is 1. The van der Waals surface area contributed by atoms with Crippen LogP contribution in [-0.4, -0.2) is 47.0 Å². The van der Waals surface area contributed by atoms with Crippen LogP contribution in [0.25, 0.3) is 22.0 Å². The Kier molecular flexibility index (Phi) is 7.08. The molecule has 0 unspecified atom stereocenters. The molecule has 2 aliphatic heterocycles. The number of fused-ring (bicyclic) bond motifs is 2. The summed E-state index contributed by atoms with van der Waals surface area (Å²) in [4.78, 5) is 26.2. The molecule has 1 saturated heterocycles. The van der Waals surface area contributed by atoms with Crippen molar-refractivity contribution in [3.63, 3.8) is 0 Å². The standard InChI is InChI=1S/C35H34ClN5O/c1-23-9-10-29(36)18-28(23)22-41-16-13-37-34-33(41)19-27(20-39-34)25-5-4-6-26(17-25)35(42)40-14-11-24(12-15-40)31-21-38-32-8-3-2-7-30(31)32/h2-10,17-21,24,38H,11-16,22H2,1H3,(H,37,39). The molecule has 6 nitrogen and oxygen atoms in total. The lowest BCUT2D eigenvalue weighted by molar-refractivity contribution is 0.0713. The summed E-state index contributed by atoms with van der Waals surface area (Å²) < 4.78 is 0. The Morgan fingerprint density at radius 1 is 0.976 bits per heavy atom. The number of benzene rings is 3. The predicted molar refractivity (Wildman–Crippen MR) is 172 cm³/mol. The summed E-state index contributed by atoms with van der Waals surface area (Å²) in [6.45, 7) is 6.11. The number of nitrogens with zero attached hydrogens (tertiary/aromatic N) is 3. The second kappa shape index (κ2) is 11.2. The van der Waals surface area contributed by atoms with Crippen LogP contribution in [0.2, 0.25) is 5.02 Å². The third-order valence-electron chi connectivity index (χ3n) is 8.84. The predicted octanol–water partition coefficient (Wildman–Crippen LogP) is 7.64. The van der Waals surface area contributed by atoms with Gasteiger partial charge >= 0.3 is 0 Å². The Balaban J connectivity index is 1.08. The Morgan fingerprint density at radius 2 is 1.83 bits per heavy atom. The van der Waals surface area contributed by atoms with Crippen molar-refractivity contribution in [1.82, 2.24) is 14.9 Å². The number of piperidine rings is 1. The van der Waals surface area contributed by atoms with Crippen molar-refractivity contribution in [2.24, 2.45) is 0 Å². The van der Waals surface area contributed by atoms with Crippen LogP contribution in [0.3, 0.4) is 0 Å². The molecular formula is C35H34ClN5O. The number of anilines is 2. The van der Waals surface area contributed by atoms with E-state index in [2.05, 4.69) is 70.8 Å². The Morgan fingerprint density at radius 3 is 2.71 bits per heavy atom. The van der Waals surface area contributed by atoms with Crippen LogP contribution in [0, 0.1) is 6.92 Å². The van der Waals surface area contributed by atoms with Gasteiger partial charge in [-0.05, 0) is 84.3 Å². The number of aryl methyl sites for hydroxylation is 1. The minimum Gasteiger partial charge on any atom is -0.367 e. The molecule has 0 bridgehead atoms. The second-order valence-electron chi connectivity index (χ2n) is 11.4. The number of rotatable bonds is 5. The molecule has 7 rings (SSSR count). The molecular weight excluding hydrogens is 542 g/mol. The molecule has 5 aromatic rings. The zero-order chi connectivity index (χ0) is 28.6.